The Labute approximate surface area is 154 Å². The molecule has 7 nitrogen and oxygen atoms in total. The lowest BCUT2D eigenvalue weighted by Crippen LogP contribution is -2.41. The molecule has 150 valence electrons. The van der Waals surface area contributed by atoms with Crippen molar-refractivity contribution in [2.75, 3.05) is 35.7 Å². The Morgan fingerprint density at radius 3 is 2.48 bits per heavy atom. The molecule has 1 saturated heterocycles. The minimum absolute atomic E-state index is 0.00838. The highest BCUT2D eigenvalue weighted by molar-refractivity contribution is 7.91. The van der Waals surface area contributed by atoms with Gasteiger partial charge in [-0.15, -0.1) is 0 Å². The average Bonchev–Trinajstić information content (AvgIpc) is 2.91. The normalized spacial score (nSPS) is 18.8. The van der Waals surface area contributed by atoms with Gasteiger partial charge in [0.25, 0.3) is 0 Å². The number of carbonyl (C=O) groups is 2. The van der Waals surface area contributed by atoms with E-state index >= 15 is 0 Å². The Morgan fingerprint density at radius 2 is 1.96 bits per heavy atom. The summed E-state index contributed by atoms with van der Waals surface area (Å²) >= 11 is 0. The van der Waals surface area contributed by atoms with Gasteiger partial charge in [-0.05, 0) is 24.6 Å². The summed E-state index contributed by atoms with van der Waals surface area (Å²) in [5, 5.41) is 4.73. The van der Waals surface area contributed by atoms with Crippen molar-refractivity contribution in [2.24, 2.45) is 0 Å². The number of anilines is 2. The van der Waals surface area contributed by atoms with Gasteiger partial charge in [0.1, 0.15) is 0 Å². The monoisotopic (exact) mass is 407 g/mol. The first-order valence-corrected chi connectivity index (χ1v) is 9.90. The third-order valence-electron chi connectivity index (χ3n) is 4.22. The van der Waals surface area contributed by atoms with Crippen LogP contribution in [-0.4, -0.2) is 56.3 Å². The van der Waals surface area contributed by atoms with Crippen LogP contribution in [0.4, 0.5) is 24.5 Å². The van der Waals surface area contributed by atoms with Crippen LogP contribution in [0.2, 0.25) is 0 Å². The molecule has 2 rings (SSSR count). The molecule has 2 amide bonds. The van der Waals surface area contributed by atoms with Crippen molar-refractivity contribution < 1.29 is 31.2 Å². The van der Waals surface area contributed by atoms with E-state index in [0.717, 1.165) is 12.1 Å². The standard InChI is InChI=1S/C16H20F3N3O4S/c1-10(23)21-11-3-4-14(13(7-11)16(17,18)19)20-8-15(24)22(2)12-5-6-27(25,26)9-12/h3-4,7,12,20H,5-6,8-9H2,1-2H3,(H,21,23). The van der Waals surface area contributed by atoms with Crippen LogP contribution in [0, 0.1) is 0 Å². The predicted octanol–water partition coefficient (Wildman–Crippen LogP) is 1.72. The number of carbonyl (C=O) groups excluding carboxylic acids is 2. The van der Waals surface area contributed by atoms with Gasteiger partial charge in [0.05, 0.1) is 23.6 Å². The Morgan fingerprint density at radius 1 is 1.30 bits per heavy atom. The van der Waals surface area contributed by atoms with E-state index in [0.29, 0.717) is 6.42 Å². The average molecular weight is 407 g/mol. The van der Waals surface area contributed by atoms with Crippen molar-refractivity contribution in [3.8, 4) is 0 Å². The number of amides is 2. The summed E-state index contributed by atoms with van der Waals surface area (Å²) in [5.74, 6) is -1.18. The summed E-state index contributed by atoms with van der Waals surface area (Å²) in [6.07, 6.45) is -4.38. The van der Waals surface area contributed by atoms with Crippen molar-refractivity contribution in [1.29, 1.82) is 0 Å². The topological polar surface area (TPSA) is 95.6 Å². The molecule has 0 aromatic heterocycles. The van der Waals surface area contributed by atoms with Crippen LogP contribution in [0.15, 0.2) is 18.2 Å². The van der Waals surface area contributed by atoms with E-state index in [1.54, 1.807) is 0 Å². The number of benzene rings is 1. The van der Waals surface area contributed by atoms with Crippen LogP contribution in [0.1, 0.15) is 18.9 Å². The molecule has 0 radical (unpaired) electrons. The molecule has 1 atom stereocenters. The molecular weight excluding hydrogens is 387 g/mol. The third kappa shape index (κ3) is 5.59. The van der Waals surface area contributed by atoms with E-state index in [1.807, 2.05) is 0 Å². The molecule has 1 aliphatic heterocycles. The Balaban J connectivity index is 2.10. The second kappa shape index (κ2) is 7.75. The predicted molar refractivity (Wildman–Crippen MR) is 94.1 cm³/mol. The second-order valence-electron chi connectivity index (χ2n) is 6.35. The Hall–Kier alpha value is -2.30. The van der Waals surface area contributed by atoms with Gasteiger partial charge in [-0.2, -0.15) is 13.2 Å². The lowest BCUT2D eigenvalue weighted by Gasteiger charge is -2.24. The fraction of sp³-hybridized carbons (Fsp3) is 0.500. The van der Waals surface area contributed by atoms with Gasteiger partial charge in [-0.1, -0.05) is 0 Å². The molecule has 11 heteroatoms. The number of hydrogen-bond acceptors (Lipinski definition) is 5. The number of rotatable bonds is 5. The molecule has 0 saturated carbocycles. The van der Waals surface area contributed by atoms with Crippen LogP contribution in [0.25, 0.3) is 0 Å². The number of nitrogens with one attached hydrogen (secondary N) is 2. The third-order valence-corrected chi connectivity index (χ3v) is 5.98. The number of halogens is 3. The van der Waals surface area contributed by atoms with Crippen molar-refractivity contribution in [2.45, 2.75) is 25.6 Å². The lowest BCUT2D eigenvalue weighted by molar-refractivity contribution is -0.137. The van der Waals surface area contributed by atoms with Crippen molar-refractivity contribution in [3.05, 3.63) is 23.8 Å². The maximum absolute atomic E-state index is 13.3. The second-order valence-corrected chi connectivity index (χ2v) is 8.58. The first-order valence-electron chi connectivity index (χ1n) is 8.08. The van der Waals surface area contributed by atoms with E-state index in [4.69, 9.17) is 0 Å². The molecule has 27 heavy (non-hydrogen) atoms. The number of likely N-dealkylation sites (N-methyl/N-ethyl adjacent to an activating group) is 1. The summed E-state index contributed by atoms with van der Waals surface area (Å²) in [6, 6.07) is 2.72. The van der Waals surface area contributed by atoms with Crippen LogP contribution < -0.4 is 10.6 Å². The fourth-order valence-electron chi connectivity index (χ4n) is 2.79. The van der Waals surface area contributed by atoms with Crippen LogP contribution in [0.5, 0.6) is 0 Å². The molecule has 0 bridgehead atoms. The van der Waals surface area contributed by atoms with Gasteiger partial charge in [0.15, 0.2) is 9.84 Å². The van der Waals surface area contributed by atoms with E-state index in [2.05, 4.69) is 10.6 Å². The van der Waals surface area contributed by atoms with Crippen molar-refractivity contribution in [3.63, 3.8) is 0 Å². The maximum Gasteiger partial charge on any atom is 0.418 e. The van der Waals surface area contributed by atoms with Gasteiger partial charge in [-0.3, -0.25) is 9.59 Å². The smallest absolute Gasteiger partial charge is 0.376 e. The zero-order chi connectivity index (χ0) is 20.4. The van der Waals surface area contributed by atoms with Crippen LogP contribution in [-0.2, 0) is 25.6 Å². The van der Waals surface area contributed by atoms with Gasteiger partial charge in [-0.25, -0.2) is 8.42 Å². The summed E-state index contributed by atoms with van der Waals surface area (Å²) in [5.41, 5.74) is -1.34. The van der Waals surface area contributed by atoms with Gasteiger partial charge >= 0.3 is 6.18 Å². The Bertz CT molecular complexity index is 840. The van der Waals surface area contributed by atoms with E-state index in [-0.39, 0.29) is 22.9 Å². The van der Waals surface area contributed by atoms with Gasteiger partial charge in [0.2, 0.25) is 11.8 Å². The summed E-state index contributed by atoms with van der Waals surface area (Å²) in [7, 11) is -1.75. The van der Waals surface area contributed by atoms with Gasteiger partial charge < -0.3 is 15.5 Å². The highest BCUT2D eigenvalue weighted by atomic mass is 32.2. The van der Waals surface area contributed by atoms with E-state index in [1.165, 1.54) is 24.9 Å². The van der Waals surface area contributed by atoms with Crippen molar-refractivity contribution >= 4 is 33.0 Å². The molecule has 0 spiro atoms. The largest absolute Gasteiger partial charge is 0.418 e. The number of hydrogen-bond donors (Lipinski definition) is 2. The molecule has 1 aromatic rings. The zero-order valence-corrected chi connectivity index (χ0v) is 15.6. The summed E-state index contributed by atoms with van der Waals surface area (Å²) in [6.45, 7) is 0.757. The maximum atomic E-state index is 13.3. The molecule has 0 aliphatic carbocycles. The summed E-state index contributed by atoms with van der Waals surface area (Å²) < 4.78 is 62.8. The molecule has 1 aromatic carbocycles. The SMILES string of the molecule is CC(=O)Nc1ccc(NCC(=O)N(C)C2CCS(=O)(=O)C2)c(C(F)(F)F)c1. The van der Waals surface area contributed by atoms with Crippen LogP contribution in [0.3, 0.4) is 0 Å². The molecule has 1 aliphatic rings. The summed E-state index contributed by atoms with van der Waals surface area (Å²) in [4.78, 5) is 24.5. The highest BCUT2D eigenvalue weighted by Gasteiger charge is 2.35. The minimum Gasteiger partial charge on any atom is -0.376 e. The number of sulfone groups is 1. The highest BCUT2D eigenvalue weighted by Crippen LogP contribution is 2.36. The number of alkyl halides is 3. The van der Waals surface area contributed by atoms with Gasteiger partial charge in [0, 0.05) is 31.4 Å². The first-order chi connectivity index (χ1) is 12.4. The van der Waals surface area contributed by atoms with E-state index < -0.39 is 46.0 Å². The molecular formula is C16H20F3N3O4S. The quantitative estimate of drug-likeness (QED) is 0.775. The number of nitrogens with zero attached hydrogens (tertiary/aromatic N) is 1. The minimum atomic E-state index is -4.69. The zero-order valence-electron chi connectivity index (χ0n) is 14.8. The molecule has 2 N–H and O–H groups in total. The van der Waals surface area contributed by atoms with E-state index in [9.17, 15) is 31.2 Å². The molecule has 1 unspecified atom stereocenters. The van der Waals surface area contributed by atoms with Crippen LogP contribution >= 0.6 is 0 Å². The van der Waals surface area contributed by atoms with Crippen molar-refractivity contribution in [1.82, 2.24) is 4.90 Å². The Kier molecular flexibility index (Phi) is 6.03. The first kappa shape index (κ1) is 21.0. The molecule has 1 fully saturated rings. The lowest BCUT2D eigenvalue weighted by atomic mass is 10.1. The molecule has 1 heterocycles. The fourth-order valence-corrected chi connectivity index (χ4v) is 4.57.